The molecular formula is C19H15N3O5S. The summed E-state index contributed by atoms with van der Waals surface area (Å²) in [6, 6.07) is 11.1. The SMILES string of the molecule is O=C(NCc1ccc2c(c1)OCO2)c1csc(Nc2ccc3c(c2)OCO3)n1. The van der Waals surface area contributed by atoms with Crippen LogP contribution in [-0.2, 0) is 6.54 Å². The van der Waals surface area contributed by atoms with Gasteiger partial charge in [0.2, 0.25) is 13.6 Å². The van der Waals surface area contributed by atoms with Crippen LogP contribution in [0.4, 0.5) is 10.8 Å². The van der Waals surface area contributed by atoms with Gasteiger partial charge < -0.3 is 29.6 Å². The highest BCUT2D eigenvalue weighted by Gasteiger charge is 2.16. The maximum Gasteiger partial charge on any atom is 0.271 e. The van der Waals surface area contributed by atoms with Crippen LogP contribution in [0.1, 0.15) is 16.1 Å². The van der Waals surface area contributed by atoms with Crippen molar-refractivity contribution in [1.82, 2.24) is 10.3 Å². The number of thiazole rings is 1. The Morgan fingerprint density at radius 3 is 2.50 bits per heavy atom. The van der Waals surface area contributed by atoms with Crippen LogP contribution in [-0.4, -0.2) is 24.5 Å². The molecule has 5 rings (SSSR count). The molecule has 3 heterocycles. The highest BCUT2D eigenvalue weighted by Crippen LogP contribution is 2.35. The second-order valence-electron chi connectivity index (χ2n) is 6.10. The molecule has 0 unspecified atom stereocenters. The third-order valence-corrected chi connectivity index (χ3v) is 5.01. The summed E-state index contributed by atoms with van der Waals surface area (Å²) in [4.78, 5) is 16.7. The van der Waals surface area contributed by atoms with Gasteiger partial charge in [-0.15, -0.1) is 11.3 Å². The number of carbonyl (C=O) groups excluding carboxylic acids is 1. The number of carbonyl (C=O) groups is 1. The molecule has 1 aromatic heterocycles. The molecule has 0 atom stereocenters. The maximum absolute atomic E-state index is 12.4. The van der Waals surface area contributed by atoms with Crippen LogP contribution >= 0.6 is 11.3 Å². The molecule has 1 amide bonds. The number of ether oxygens (including phenoxy) is 4. The van der Waals surface area contributed by atoms with Crippen molar-refractivity contribution in [2.75, 3.05) is 18.9 Å². The standard InChI is InChI=1S/C19H15N3O5S/c23-18(20-7-11-1-3-14-16(5-11)26-9-24-14)13-8-28-19(22-13)21-12-2-4-15-17(6-12)27-10-25-15/h1-6,8H,7,9-10H2,(H,20,23)(H,21,22). The van der Waals surface area contributed by atoms with Crippen LogP contribution in [0, 0.1) is 0 Å². The molecule has 0 saturated carbocycles. The summed E-state index contributed by atoms with van der Waals surface area (Å²) >= 11 is 1.35. The molecule has 9 heteroatoms. The third-order valence-electron chi connectivity index (χ3n) is 4.25. The molecule has 142 valence electrons. The molecule has 0 bridgehead atoms. The molecule has 2 aliphatic heterocycles. The fourth-order valence-corrected chi connectivity index (χ4v) is 3.57. The number of anilines is 2. The van der Waals surface area contributed by atoms with Crippen molar-refractivity contribution in [3.63, 3.8) is 0 Å². The first-order valence-corrected chi connectivity index (χ1v) is 9.41. The fraction of sp³-hybridized carbons (Fsp3) is 0.158. The lowest BCUT2D eigenvalue weighted by Crippen LogP contribution is -2.23. The average Bonchev–Trinajstić information content (AvgIpc) is 3.45. The fourth-order valence-electron chi connectivity index (χ4n) is 2.86. The topological polar surface area (TPSA) is 90.9 Å². The second-order valence-corrected chi connectivity index (χ2v) is 6.96. The Bertz CT molecular complexity index is 1050. The summed E-state index contributed by atoms with van der Waals surface area (Å²) in [5.74, 6) is 2.56. The summed E-state index contributed by atoms with van der Waals surface area (Å²) in [5, 5.41) is 8.36. The second kappa shape index (κ2) is 6.93. The van der Waals surface area contributed by atoms with E-state index in [1.54, 1.807) is 5.38 Å². The lowest BCUT2D eigenvalue weighted by molar-refractivity contribution is 0.0946. The Hall–Kier alpha value is -3.46. The van der Waals surface area contributed by atoms with E-state index in [-0.39, 0.29) is 19.5 Å². The van der Waals surface area contributed by atoms with Crippen LogP contribution in [0.3, 0.4) is 0 Å². The van der Waals surface area contributed by atoms with Crippen molar-refractivity contribution in [1.29, 1.82) is 0 Å². The predicted molar refractivity (Wildman–Crippen MR) is 102 cm³/mol. The van der Waals surface area contributed by atoms with Crippen molar-refractivity contribution in [3.05, 3.63) is 53.0 Å². The van der Waals surface area contributed by atoms with Crippen LogP contribution in [0.2, 0.25) is 0 Å². The van der Waals surface area contributed by atoms with Gasteiger partial charge in [-0.2, -0.15) is 0 Å². The first kappa shape index (κ1) is 16.7. The van der Waals surface area contributed by atoms with Gasteiger partial charge in [0, 0.05) is 23.7 Å². The Morgan fingerprint density at radius 1 is 0.964 bits per heavy atom. The highest BCUT2D eigenvalue weighted by atomic mass is 32.1. The first-order valence-electron chi connectivity index (χ1n) is 8.53. The van der Waals surface area contributed by atoms with Crippen molar-refractivity contribution in [3.8, 4) is 23.0 Å². The molecule has 0 fully saturated rings. The van der Waals surface area contributed by atoms with E-state index in [1.807, 2.05) is 36.4 Å². The van der Waals surface area contributed by atoms with E-state index >= 15 is 0 Å². The lowest BCUT2D eigenvalue weighted by Gasteiger charge is -2.05. The Balaban J connectivity index is 1.21. The zero-order valence-electron chi connectivity index (χ0n) is 14.6. The van der Waals surface area contributed by atoms with E-state index in [0.717, 1.165) is 11.3 Å². The molecule has 0 radical (unpaired) electrons. The average molecular weight is 397 g/mol. The van der Waals surface area contributed by atoms with E-state index in [0.29, 0.717) is 40.4 Å². The van der Waals surface area contributed by atoms with Gasteiger partial charge in [0.05, 0.1) is 0 Å². The van der Waals surface area contributed by atoms with Gasteiger partial charge in [-0.05, 0) is 29.8 Å². The van der Waals surface area contributed by atoms with Crippen molar-refractivity contribution in [2.24, 2.45) is 0 Å². The number of hydrogen-bond acceptors (Lipinski definition) is 8. The number of benzene rings is 2. The minimum absolute atomic E-state index is 0.225. The molecule has 2 aromatic carbocycles. The largest absolute Gasteiger partial charge is 0.454 e. The third kappa shape index (κ3) is 3.27. The van der Waals surface area contributed by atoms with Gasteiger partial charge >= 0.3 is 0 Å². The molecule has 28 heavy (non-hydrogen) atoms. The lowest BCUT2D eigenvalue weighted by atomic mass is 10.2. The maximum atomic E-state index is 12.4. The minimum Gasteiger partial charge on any atom is -0.454 e. The minimum atomic E-state index is -0.243. The zero-order chi connectivity index (χ0) is 18.9. The number of hydrogen-bond donors (Lipinski definition) is 2. The van der Waals surface area contributed by atoms with E-state index in [2.05, 4.69) is 15.6 Å². The van der Waals surface area contributed by atoms with Gasteiger partial charge in [0.1, 0.15) is 5.69 Å². The van der Waals surface area contributed by atoms with Crippen LogP contribution < -0.4 is 29.6 Å². The normalized spacial score (nSPS) is 13.4. The van der Waals surface area contributed by atoms with E-state index in [9.17, 15) is 4.79 Å². The predicted octanol–water partition coefficient (Wildman–Crippen LogP) is 3.27. The quantitative estimate of drug-likeness (QED) is 0.683. The van der Waals surface area contributed by atoms with E-state index in [4.69, 9.17) is 18.9 Å². The van der Waals surface area contributed by atoms with E-state index < -0.39 is 0 Å². The molecule has 2 N–H and O–H groups in total. The Labute approximate surface area is 164 Å². The number of nitrogens with one attached hydrogen (secondary N) is 2. The molecular weight excluding hydrogens is 382 g/mol. The van der Waals surface area contributed by atoms with Gasteiger partial charge in [-0.1, -0.05) is 6.07 Å². The number of fused-ring (bicyclic) bond motifs is 2. The van der Waals surface area contributed by atoms with Crippen LogP contribution in [0.25, 0.3) is 0 Å². The number of nitrogens with zero attached hydrogens (tertiary/aromatic N) is 1. The van der Waals surface area contributed by atoms with Gasteiger partial charge in [-0.25, -0.2) is 4.98 Å². The number of rotatable bonds is 5. The van der Waals surface area contributed by atoms with Gasteiger partial charge in [0.15, 0.2) is 28.1 Å². The van der Waals surface area contributed by atoms with Gasteiger partial charge in [-0.3, -0.25) is 4.79 Å². The summed E-state index contributed by atoms with van der Waals surface area (Å²) in [7, 11) is 0. The molecule has 3 aromatic rings. The number of aromatic nitrogens is 1. The first-order chi connectivity index (χ1) is 13.7. The van der Waals surface area contributed by atoms with E-state index in [1.165, 1.54) is 11.3 Å². The summed E-state index contributed by atoms with van der Waals surface area (Å²) < 4.78 is 21.3. The van der Waals surface area contributed by atoms with Crippen molar-refractivity contribution in [2.45, 2.75) is 6.54 Å². The highest BCUT2D eigenvalue weighted by molar-refractivity contribution is 7.14. The van der Waals surface area contributed by atoms with Crippen LogP contribution in [0.5, 0.6) is 23.0 Å². The monoisotopic (exact) mass is 397 g/mol. The zero-order valence-corrected chi connectivity index (χ0v) is 15.4. The summed E-state index contributed by atoms with van der Waals surface area (Å²) in [6.45, 7) is 0.824. The molecule has 0 aliphatic carbocycles. The Morgan fingerprint density at radius 2 is 1.68 bits per heavy atom. The summed E-state index contributed by atoms with van der Waals surface area (Å²) in [6.07, 6.45) is 0. The van der Waals surface area contributed by atoms with Crippen LogP contribution in [0.15, 0.2) is 41.8 Å². The van der Waals surface area contributed by atoms with Crippen molar-refractivity contribution < 1.29 is 23.7 Å². The Kier molecular flexibility index (Phi) is 4.13. The molecule has 0 spiro atoms. The summed E-state index contributed by atoms with van der Waals surface area (Å²) in [5.41, 5.74) is 2.09. The molecule has 2 aliphatic rings. The molecule has 0 saturated heterocycles. The number of amides is 1. The molecule has 8 nitrogen and oxygen atoms in total. The smallest absolute Gasteiger partial charge is 0.271 e. The van der Waals surface area contributed by atoms with Crippen molar-refractivity contribution >= 4 is 28.1 Å². The van der Waals surface area contributed by atoms with Gasteiger partial charge in [0.25, 0.3) is 5.91 Å².